The molecule has 0 unspecified atom stereocenters. The molecule has 2 N–H and O–H groups in total. The van der Waals surface area contributed by atoms with Gasteiger partial charge >= 0.3 is 5.69 Å². The standard InChI is InChI=1S/C15H18BrN3O2/c1-9(2)19-14(20)12(16)13(18-15(19)21)17-10(3)11-7-5-4-6-8-11/h4-10,17H,1-3H3,(H,18,21)/t10-/m0/s1. The third-order valence-corrected chi connectivity index (χ3v) is 3.99. The van der Waals surface area contributed by atoms with E-state index in [4.69, 9.17) is 0 Å². The SMILES string of the molecule is CC(C)n1c(=O)[nH]c(N[C@@H](C)c2ccccc2)c(Br)c1=O. The van der Waals surface area contributed by atoms with Gasteiger partial charge in [0.15, 0.2) is 0 Å². The fourth-order valence-electron chi connectivity index (χ4n) is 2.14. The smallest absolute Gasteiger partial charge is 0.330 e. The summed E-state index contributed by atoms with van der Waals surface area (Å²) in [5, 5.41) is 3.16. The topological polar surface area (TPSA) is 66.9 Å². The van der Waals surface area contributed by atoms with Crippen LogP contribution in [0.2, 0.25) is 0 Å². The number of rotatable bonds is 4. The summed E-state index contributed by atoms with van der Waals surface area (Å²) in [5.41, 5.74) is 0.316. The summed E-state index contributed by atoms with van der Waals surface area (Å²) in [4.78, 5) is 27.0. The maximum atomic E-state index is 12.2. The minimum atomic E-state index is -0.416. The number of nitrogens with one attached hydrogen (secondary N) is 2. The molecule has 1 aromatic carbocycles. The Morgan fingerprint density at radius 1 is 1.14 bits per heavy atom. The summed E-state index contributed by atoms with van der Waals surface area (Å²) in [6, 6.07) is 9.57. The molecule has 21 heavy (non-hydrogen) atoms. The Labute approximate surface area is 131 Å². The van der Waals surface area contributed by atoms with Crippen molar-refractivity contribution in [2.24, 2.45) is 0 Å². The molecule has 0 bridgehead atoms. The molecule has 0 aliphatic heterocycles. The van der Waals surface area contributed by atoms with E-state index in [-0.39, 0.29) is 17.6 Å². The van der Waals surface area contributed by atoms with E-state index in [0.717, 1.165) is 5.56 Å². The number of aromatic amines is 1. The van der Waals surface area contributed by atoms with Gasteiger partial charge < -0.3 is 5.32 Å². The Morgan fingerprint density at radius 3 is 2.33 bits per heavy atom. The quantitative estimate of drug-likeness (QED) is 0.889. The summed E-state index contributed by atoms with van der Waals surface area (Å²) >= 11 is 3.27. The summed E-state index contributed by atoms with van der Waals surface area (Å²) in [7, 11) is 0. The largest absolute Gasteiger partial charge is 0.364 e. The second-order valence-electron chi connectivity index (χ2n) is 5.16. The molecule has 1 aromatic heterocycles. The Bertz CT molecular complexity index is 735. The summed E-state index contributed by atoms with van der Waals surface area (Å²) in [6.45, 7) is 5.56. The van der Waals surface area contributed by atoms with Gasteiger partial charge in [-0.25, -0.2) is 4.79 Å². The third-order valence-electron chi connectivity index (χ3n) is 3.25. The van der Waals surface area contributed by atoms with Crippen molar-refractivity contribution in [3.05, 3.63) is 61.2 Å². The Kier molecular flexibility index (Phi) is 4.67. The van der Waals surface area contributed by atoms with Crippen molar-refractivity contribution in [3.8, 4) is 0 Å². The average Bonchev–Trinajstić information content (AvgIpc) is 2.45. The second kappa shape index (κ2) is 6.30. The molecule has 0 fully saturated rings. The van der Waals surface area contributed by atoms with E-state index in [1.807, 2.05) is 37.3 Å². The van der Waals surface area contributed by atoms with Crippen molar-refractivity contribution >= 4 is 21.7 Å². The van der Waals surface area contributed by atoms with Crippen LogP contribution >= 0.6 is 15.9 Å². The fraction of sp³-hybridized carbons (Fsp3) is 0.333. The lowest BCUT2D eigenvalue weighted by Gasteiger charge is -2.17. The van der Waals surface area contributed by atoms with Gasteiger partial charge in [0.25, 0.3) is 5.56 Å². The number of hydrogen-bond acceptors (Lipinski definition) is 3. The fourth-order valence-corrected chi connectivity index (χ4v) is 2.54. The average molecular weight is 352 g/mol. The molecule has 1 atom stereocenters. The zero-order chi connectivity index (χ0) is 15.6. The van der Waals surface area contributed by atoms with Gasteiger partial charge in [-0.1, -0.05) is 30.3 Å². The monoisotopic (exact) mass is 351 g/mol. The van der Waals surface area contributed by atoms with Crippen molar-refractivity contribution in [2.45, 2.75) is 32.9 Å². The van der Waals surface area contributed by atoms with Crippen LogP contribution < -0.4 is 16.6 Å². The first kappa shape index (κ1) is 15.6. The maximum Gasteiger partial charge on any atom is 0.330 e. The Hall–Kier alpha value is -1.82. The lowest BCUT2D eigenvalue weighted by molar-refractivity contribution is 0.544. The number of aromatic nitrogens is 2. The summed E-state index contributed by atoms with van der Waals surface area (Å²) < 4.78 is 1.52. The van der Waals surface area contributed by atoms with Gasteiger partial charge in [-0.15, -0.1) is 0 Å². The van der Waals surface area contributed by atoms with Crippen LogP contribution in [0.4, 0.5) is 5.82 Å². The molecule has 2 rings (SSSR count). The van der Waals surface area contributed by atoms with Gasteiger partial charge in [0.2, 0.25) is 0 Å². The van der Waals surface area contributed by atoms with E-state index in [2.05, 4.69) is 26.2 Å². The van der Waals surface area contributed by atoms with Crippen molar-refractivity contribution in [3.63, 3.8) is 0 Å². The van der Waals surface area contributed by atoms with E-state index >= 15 is 0 Å². The first-order valence-corrected chi connectivity index (χ1v) is 7.57. The van der Waals surface area contributed by atoms with E-state index in [1.165, 1.54) is 4.57 Å². The molecular formula is C15H18BrN3O2. The van der Waals surface area contributed by atoms with Crippen molar-refractivity contribution < 1.29 is 0 Å². The van der Waals surface area contributed by atoms with Gasteiger partial charge in [0, 0.05) is 12.1 Å². The van der Waals surface area contributed by atoms with E-state index < -0.39 is 5.69 Å². The zero-order valence-electron chi connectivity index (χ0n) is 12.2. The molecule has 6 heteroatoms. The molecule has 0 amide bonds. The molecule has 0 radical (unpaired) electrons. The molecule has 1 heterocycles. The van der Waals surface area contributed by atoms with Crippen LogP contribution in [0.15, 0.2) is 44.4 Å². The van der Waals surface area contributed by atoms with Gasteiger partial charge in [0.05, 0.1) is 0 Å². The highest BCUT2D eigenvalue weighted by atomic mass is 79.9. The highest BCUT2D eigenvalue weighted by Gasteiger charge is 2.15. The van der Waals surface area contributed by atoms with E-state index in [0.29, 0.717) is 10.3 Å². The third kappa shape index (κ3) is 3.26. The Morgan fingerprint density at radius 2 is 1.76 bits per heavy atom. The molecule has 0 saturated heterocycles. The van der Waals surface area contributed by atoms with Crippen LogP contribution in [0.3, 0.4) is 0 Å². The number of benzene rings is 1. The first-order valence-electron chi connectivity index (χ1n) is 6.77. The van der Waals surface area contributed by atoms with Crippen LogP contribution in [0.25, 0.3) is 0 Å². The highest BCUT2D eigenvalue weighted by Crippen LogP contribution is 2.21. The second-order valence-corrected chi connectivity index (χ2v) is 5.96. The van der Waals surface area contributed by atoms with Crippen LogP contribution in [-0.2, 0) is 0 Å². The van der Waals surface area contributed by atoms with Gasteiger partial charge in [-0.2, -0.15) is 0 Å². The van der Waals surface area contributed by atoms with Gasteiger partial charge in [-0.3, -0.25) is 14.3 Å². The predicted octanol–water partition coefficient (Wildman–Crippen LogP) is 3.05. The molecular weight excluding hydrogens is 334 g/mol. The summed E-state index contributed by atoms with van der Waals surface area (Å²) in [6.07, 6.45) is 0. The molecule has 0 spiro atoms. The van der Waals surface area contributed by atoms with Crippen molar-refractivity contribution in [2.75, 3.05) is 5.32 Å². The number of nitrogens with zero attached hydrogens (tertiary/aromatic N) is 1. The van der Waals surface area contributed by atoms with E-state index in [9.17, 15) is 9.59 Å². The normalized spacial score (nSPS) is 12.4. The van der Waals surface area contributed by atoms with Crippen LogP contribution in [0.1, 0.15) is 38.4 Å². The molecule has 2 aromatic rings. The Balaban J connectivity index is 2.38. The molecule has 0 aliphatic rings. The zero-order valence-corrected chi connectivity index (χ0v) is 13.8. The first-order chi connectivity index (χ1) is 9.91. The van der Waals surface area contributed by atoms with Crippen molar-refractivity contribution in [1.29, 1.82) is 0 Å². The van der Waals surface area contributed by atoms with Crippen LogP contribution in [0.5, 0.6) is 0 Å². The minimum Gasteiger partial charge on any atom is -0.364 e. The van der Waals surface area contributed by atoms with Gasteiger partial charge in [-0.05, 0) is 42.3 Å². The molecule has 0 saturated carbocycles. The number of H-pyrrole nitrogens is 1. The lowest BCUT2D eigenvalue weighted by atomic mass is 10.1. The summed E-state index contributed by atoms with van der Waals surface area (Å²) in [5.74, 6) is 0.401. The number of hydrogen-bond donors (Lipinski definition) is 2. The predicted molar refractivity (Wildman–Crippen MR) is 87.9 cm³/mol. The number of anilines is 1. The van der Waals surface area contributed by atoms with E-state index in [1.54, 1.807) is 13.8 Å². The number of halogens is 1. The maximum absolute atomic E-state index is 12.2. The van der Waals surface area contributed by atoms with Crippen LogP contribution in [0, 0.1) is 0 Å². The molecule has 5 nitrogen and oxygen atoms in total. The van der Waals surface area contributed by atoms with Crippen LogP contribution in [-0.4, -0.2) is 9.55 Å². The van der Waals surface area contributed by atoms with Crippen molar-refractivity contribution in [1.82, 2.24) is 9.55 Å². The lowest BCUT2D eigenvalue weighted by Crippen LogP contribution is -2.37. The molecule has 112 valence electrons. The van der Waals surface area contributed by atoms with Gasteiger partial charge in [0.1, 0.15) is 10.3 Å². The molecule has 0 aliphatic carbocycles. The highest BCUT2D eigenvalue weighted by molar-refractivity contribution is 9.10. The minimum absolute atomic E-state index is 0.0348.